The van der Waals surface area contributed by atoms with Gasteiger partial charge in [-0.2, -0.15) is 0 Å². The second-order valence-corrected chi connectivity index (χ2v) is 8.20. The normalized spacial score (nSPS) is 15.5. The van der Waals surface area contributed by atoms with Crippen molar-refractivity contribution in [1.29, 1.82) is 0 Å². The van der Waals surface area contributed by atoms with Gasteiger partial charge in [-0.15, -0.1) is 0 Å². The first-order valence-electron chi connectivity index (χ1n) is 11.4. The topological polar surface area (TPSA) is 120 Å². The largest absolute Gasteiger partial charge is 0.377 e. The monoisotopic (exact) mass is 478 g/mol. The maximum absolute atomic E-state index is 12.7. The van der Waals surface area contributed by atoms with E-state index in [-0.39, 0.29) is 5.56 Å². The lowest BCUT2D eigenvalue weighted by Crippen LogP contribution is -2.54. The van der Waals surface area contributed by atoms with Crippen molar-refractivity contribution in [2.24, 2.45) is 0 Å². The van der Waals surface area contributed by atoms with E-state index in [9.17, 15) is 14.4 Å². The number of benzene rings is 2. The predicted octanol–water partition coefficient (Wildman–Crippen LogP) is 1.05. The molecule has 3 rings (SSSR count). The zero-order valence-electron chi connectivity index (χ0n) is 19.8. The van der Waals surface area contributed by atoms with Crippen molar-refractivity contribution < 1.29 is 24.3 Å². The van der Waals surface area contributed by atoms with E-state index < -0.39 is 23.8 Å². The van der Waals surface area contributed by atoms with Crippen LogP contribution in [-0.2, 0) is 20.9 Å². The van der Waals surface area contributed by atoms with Gasteiger partial charge in [0.1, 0.15) is 0 Å². The molecule has 0 aromatic heterocycles. The second-order valence-electron chi connectivity index (χ2n) is 8.20. The third-order valence-electron chi connectivity index (χ3n) is 5.72. The molecule has 1 heterocycles. The number of amides is 3. The molecule has 0 radical (unpaired) electrons. The Labute approximate surface area is 204 Å². The van der Waals surface area contributed by atoms with Gasteiger partial charge in [0, 0.05) is 50.5 Å². The van der Waals surface area contributed by atoms with Gasteiger partial charge in [-0.25, -0.2) is 5.48 Å². The summed E-state index contributed by atoms with van der Waals surface area (Å²) in [6.07, 6.45) is 2.57. The minimum absolute atomic E-state index is 0.276. The Bertz CT molecular complexity index is 1070. The molecule has 0 spiro atoms. The minimum atomic E-state index is -1.51. The van der Waals surface area contributed by atoms with Crippen molar-refractivity contribution in [2.75, 3.05) is 27.2 Å². The molecular formula is C26H30N4O5. The molecule has 1 aliphatic rings. The third-order valence-corrected chi connectivity index (χ3v) is 5.72. The SMILES string of the molecule is CNC(=O)C(C(=O)NO)N(C)C(=O)c1ccc(C#Cc2ccc(CNCC3CCCO3)cc2)cc1. The van der Waals surface area contributed by atoms with Crippen molar-refractivity contribution in [1.82, 2.24) is 21.0 Å². The predicted molar refractivity (Wildman–Crippen MR) is 129 cm³/mol. The summed E-state index contributed by atoms with van der Waals surface area (Å²) in [5, 5.41) is 14.6. The lowest BCUT2D eigenvalue weighted by Gasteiger charge is -2.25. The van der Waals surface area contributed by atoms with E-state index in [1.54, 1.807) is 24.3 Å². The fourth-order valence-corrected chi connectivity index (χ4v) is 3.72. The average Bonchev–Trinajstić information content (AvgIpc) is 3.41. The summed E-state index contributed by atoms with van der Waals surface area (Å²) in [7, 11) is 2.65. The van der Waals surface area contributed by atoms with Crippen LogP contribution in [-0.4, -0.2) is 67.2 Å². The first-order chi connectivity index (χ1) is 16.9. The summed E-state index contributed by atoms with van der Waals surface area (Å²) >= 11 is 0. The number of carbonyl (C=O) groups is 3. The van der Waals surface area contributed by atoms with E-state index in [2.05, 4.69) is 22.5 Å². The number of hydrogen-bond donors (Lipinski definition) is 4. The lowest BCUT2D eigenvalue weighted by molar-refractivity contribution is -0.140. The van der Waals surface area contributed by atoms with Gasteiger partial charge < -0.3 is 20.3 Å². The van der Waals surface area contributed by atoms with Crippen molar-refractivity contribution in [3.63, 3.8) is 0 Å². The summed E-state index contributed by atoms with van der Waals surface area (Å²) in [5.41, 5.74) is 4.44. The van der Waals surface area contributed by atoms with Gasteiger partial charge in [-0.05, 0) is 54.8 Å². The van der Waals surface area contributed by atoms with Crippen LogP contribution in [0.3, 0.4) is 0 Å². The fourth-order valence-electron chi connectivity index (χ4n) is 3.72. The maximum atomic E-state index is 12.7. The number of likely N-dealkylation sites (N-methyl/N-ethyl adjacent to an activating group) is 2. The molecule has 1 fully saturated rings. The molecule has 2 atom stereocenters. The van der Waals surface area contributed by atoms with E-state index >= 15 is 0 Å². The molecule has 9 heteroatoms. The van der Waals surface area contributed by atoms with Crippen LogP contribution < -0.4 is 16.1 Å². The van der Waals surface area contributed by atoms with Crippen molar-refractivity contribution in [3.05, 3.63) is 70.8 Å². The summed E-state index contributed by atoms with van der Waals surface area (Å²) in [6, 6.07) is 13.0. The van der Waals surface area contributed by atoms with Crippen LogP contribution >= 0.6 is 0 Å². The van der Waals surface area contributed by atoms with Gasteiger partial charge >= 0.3 is 0 Å². The van der Waals surface area contributed by atoms with E-state index in [1.165, 1.54) is 25.1 Å². The van der Waals surface area contributed by atoms with Gasteiger partial charge in [0.15, 0.2) is 6.04 Å². The first kappa shape index (κ1) is 25.9. The van der Waals surface area contributed by atoms with Crippen LogP contribution in [0.15, 0.2) is 48.5 Å². The number of rotatable bonds is 8. The van der Waals surface area contributed by atoms with Gasteiger partial charge in [0.25, 0.3) is 17.7 Å². The molecule has 9 nitrogen and oxygen atoms in total. The lowest BCUT2D eigenvalue weighted by atomic mass is 10.1. The average molecular weight is 479 g/mol. The molecular weight excluding hydrogens is 448 g/mol. The van der Waals surface area contributed by atoms with Gasteiger partial charge in [-0.1, -0.05) is 24.0 Å². The Morgan fingerprint density at radius 1 is 1.06 bits per heavy atom. The van der Waals surface area contributed by atoms with Crippen molar-refractivity contribution in [3.8, 4) is 11.8 Å². The van der Waals surface area contributed by atoms with E-state index in [1.807, 2.05) is 24.3 Å². The summed E-state index contributed by atoms with van der Waals surface area (Å²) < 4.78 is 5.61. The molecule has 2 aromatic carbocycles. The van der Waals surface area contributed by atoms with Crippen LogP contribution in [0.1, 0.15) is 39.9 Å². The molecule has 4 N–H and O–H groups in total. The second kappa shape index (κ2) is 12.7. The highest BCUT2D eigenvalue weighted by molar-refractivity contribution is 6.08. The number of ether oxygens (including phenoxy) is 1. The number of nitrogens with one attached hydrogen (secondary N) is 3. The van der Waals surface area contributed by atoms with Gasteiger partial charge in [0.2, 0.25) is 0 Å². The molecule has 1 saturated heterocycles. The van der Waals surface area contributed by atoms with E-state index in [0.717, 1.165) is 43.0 Å². The molecule has 184 valence electrons. The smallest absolute Gasteiger partial charge is 0.275 e. The van der Waals surface area contributed by atoms with E-state index in [0.29, 0.717) is 11.7 Å². The standard InChI is InChI=1S/C26H30N4O5/c1-27-24(31)23(25(32)29-34)30(2)26(33)21-13-11-19(12-14-21)6-5-18-7-9-20(10-8-18)16-28-17-22-4-3-15-35-22/h7-14,22-23,28,34H,3-4,15-17H2,1-2H3,(H,27,31)(H,29,32). The molecule has 0 bridgehead atoms. The first-order valence-corrected chi connectivity index (χ1v) is 11.4. The van der Waals surface area contributed by atoms with Crippen LogP contribution in [0.4, 0.5) is 0 Å². The van der Waals surface area contributed by atoms with Crippen LogP contribution in [0, 0.1) is 11.8 Å². The van der Waals surface area contributed by atoms with Crippen molar-refractivity contribution >= 4 is 17.7 Å². The molecule has 0 saturated carbocycles. The summed E-state index contributed by atoms with van der Waals surface area (Å²) in [5.74, 6) is 3.89. The Kier molecular flexibility index (Phi) is 9.38. The molecule has 35 heavy (non-hydrogen) atoms. The number of hydrogen-bond acceptors (Lipinski definition) is 6. The Morgan fingerprint density at radius 2 is 1.69 bits per heavy atom. The molecule has 1 aliphatic heterocycles. The van der Waals surface area contributed by atoms with Gasteiger partial charge in [-0.3, -0.25) is 19.6 Å². The quantitative estimate of drug-likeness (QED) is 0.195. The van der Waals surface area contributed by atoms with Crippen LogP contribution in [0.2, 0.25) is 0 Å². The third kappa shape index (κ3) is 7.13. The molecule has 3 amide bonds. The number of nitrogens with zero attached hydrogens (tertiary/aromatic N) is 1. The maximum Gasteiger partial charge on any atom is 0.275 e. The van der Waals surface area contributed by atoms with E-state index in [4.69, 9.17) is 9.94 Å². The zero-order valence-corrected chi connectivity index (χ0v) is 19.8. The van der Waals surface area contributed by atoms with Crippen LogP contribution in [0.25, 0.3) is 0 Å². The Hall–Kier alpha value is -3.71. The minimum Gasteiger partial charge on any atom is -0.377 e. The highest BCUT2D eigenvalue weighted by Crippen LogP contribution is 2.12. The highest BCUT2D eigenvalue weighted by atomic mass is 16.5. The number of hydroxylamine groups is 1. The Balaban J connectivity index is 1.58. The fraction of sp³-hybridized carbons (Fsp3) is 0.346. The Morgan fingerprint density at radius 3 is 2.23 bits per heavy atom. The number of carbonyl (C=O) groups excluding carboxylic acids is 3. The summed E-state index contributed by atoms with van der Waals surface area (Å²) in [4.78, 5) is 37.5. The van der Waals surface area contributed by atoms with Gasteiger partial charge in [0.05, 0.1) is 6.10 Å². The zero-order chi connectivity index (χ0) is 25.2. The molecule has 2 unspecified atom stereocenters. The molecule has 2 aromatic rings. The summed E-state index contributed by atoms with van der Waals surface area (Å²) in [6.45, 7) is 2.49. The van der Waals surface area contributed by atoms with Crippen LogP contribution in [0.5, 0.6) is 0 Å². The molecule has 0 aliphatic carbocycles. The highest BCUT2D eigenvalue weighted by Gasteiger charge is 2.33. The van der Waals surface area contributed by atoms with Crippen molar-refractivity contribution in [2.45, 2.75) is 31.5 Å².